The van der Waals surface area contributed by atoms with Crippen LogP contribution in [0.15, 0.2) is 24.8 Å². The van der Waals surface area contributed by atoms with Gasteiger partial charge in [0.1, 0.15) is 12.2 Å². The van der Waals surface area contributed by atoms with Gasteiger partial charge >= 0.3 is 0 Å². The standard InChI is InChI=1S/C13H16FN5O/c1-3-6-19-12(16-8-17-19)9(2)18-13(20)10-4-5-15-7-11(10)14/h4-5,7-9H,3,6H2,1-2H3,(H,18,20)/t9-/m0/s1. The van der Waals surface area contributed by atoms with Gasteiger partial charge in [0.05, 0.1) is 17.8 Å². The predicted octanol–water partition coefficient (Wildman–Crippen LogP) is 1.71. The van der Waals surface area contributed by atoms with Crippen molar-refractivity contribution in [3.8, 4) is 0 Å². The molecule has 0 aliphatic heterocycles. The largest absolute Gasteiger partial charge is 0.342 e. The summed E-state index contributed by atoms with van der Waals surface area (Å²) < 4.78 is 15.2. The van der Waals surface area contributed by atoms with E-state index < -0.39 is 11.7 Å². The maximum absolute atomic E-state index is 13.5. The summed E-state index contributed by atoms with van der Waals surface area (Å²) >= 11 is 0. The van der Waals surface area contributed by atoms with Crippen LogP contribution in [0.25, 0.3) is 0 Å². The van der Waals surface area contributed by atoms with Gasteiger partial charge in [-0.15, -0.1) is 0 Å². The number of halogens is 1. The zero-order valence-electron chi connectivity index (χ0n) is 11.4. The van der Waals surface area contributed by atoms with Crippen LogP contribution in [0.2, 0.25) is 0 Å². The Kier molecular flexibility index (Phi) is 4.39. The van der Waals surface area contributed by atoms with Crippen LogP contribution in [0.3, 0.4) is 0 Å². The fraction of sp³-hybridized carbons (Fsp3) is 0.385. The number of hydrogen-bond acceptors (Lipinski definition) is 4. The molecule has 0 fully saturated rings. The van der Waals surface area contributed by atoms with Gasteiger partial charge in [0, 0.05) is 12.7 Å². The molecule has 0 spiro atoms. The molecular formula is C13H16FN5O. The van der Waals surface area contributed by atoms with E-state index in [0.29, 0.717) is 5.82 Å². The van der Waals surface area contributed by atoms with Crippen LogP contribution in [0, 0.1) is 5.82 Å². The van der Waals surface area contributed by atoms with Gasteiger partial charge in [0.15, 0.2) is 5.82 Å². The highest BCUT2D eigenvalue weighted by Crippen LogP contribution is 2.11. The Labute approximate surface area is 116 Å². The van der Waals surface area contributed by atoms with E-state index >= 15 is 0 Å². The molecule has 20 heavy (non-hydrogen) atoms. The van der Waals surface area contributed by atoms with Crippen molar-refractivity contribution in [3.05, 3.63) is 42.0 Å². The molecule has 0 bridgehead atoms. The summed E-state index contributed by atoms with van der Waals surface area (Å²) in [7, 11) is 0. The minimum atomic E-state index is -0.646. The highest BCUT2D eigenvalue weighted by Gasteiger charge is 2.18. The lowest BCUT2D eigenvalue weighted by Crippen LogP contribution is -2.29. The van der Waals surface area contributed by atoms with E-state index in [1.165, 1.54) is 18.6 Å². The van der Waals surface area contributed by atoms with Crippen molar-refractivity contribution in [2.24, 2.45) is 0 Å². The topological polar surface area (TPSA) is 72.7 Å². The van der Waals surface area contributed by atoms with Crippen molar-refractivity contribution in [1.82, 2.24) is 25.1 Å². The first-order valence-corrected chi connectivity index (χ1v) is 6.41. The van der Waals surface area contributed by atoms with Gasteiger partial charge in [0.2, 0.25) is 0 Å². The Bertz CT molecular complexity index is 598. The molecule has 0 saturated heterocycles. The van der Waals surface area contributed by atoms with Gasteiger partial charge in [-0.2, -0.15) is 5.10 Å². The van der Waals surface area contributed by atoms with Crippen molar-refractivity contribution in [2.45, 2.75) is 32.9 Å². The van der Waals surface area contributed by atoms with E-state index in [4.69, 9.17) is 0 Å². The molecule has 1 amide bonds. The molecule has 0 aliphatic carbocycles. The number of rotatable bonds is 5. The Morgan fingerprint density at radius 2 is 2.35 bits per heavy atom. The Morgan fingerprint density at radius 3 is 3.05 bits per heavy atom. The molecule has 2 aromatic heterocycles. The number of carbonyl (C=O) groups excluding carboxylic acids is 1. The molecule has 0 radical (unpaired) electrons. The summed E-state index contributed by atoms with van der Waals surface area (Å²) in [5.41, 5.74) is -0.0339. The fourth-order valence-electron chi connectivity index (χ4n) is 1.89. The minimum Gasteiger partial charge on any atom is -0.342 e. The predicted molar refractivity (Wildman–Crippen MR) is 70.4 cm³/mol. The van der Waals surface area contributed by atoms with E-state index in [1.54, 1.807) is 11.6 Å². The number of carbonyl (C=O) groups is 1. The lowest BCUT2D eigenvalue weighted by Gasteiger charge is -2.14. The van der Waals surface area contributed by atoms with Crippen LogP contribution in [-0.2, 0) is 6.54 Å². The average Bonchev–Trinajstić information content (AvgIpc) is 2.88. The second kappa shape index (κ2) is 6.23. The van der Waals surface area contributed by atoms with Gasteiger partial charge < -0.3 is 5.32 Å². The summed E-state index contributed by atoms with van der Waals surface area (Å²) in [6.45, 7) is 4.54. The molecule has 2 heterocycles. The van der Waals surface area contributed by atoms with Crippen LogP contribution >= 0.6 is 0 Å². The number of amides is 1. The molecule has 1 N–H and O–H groups in total. The van der Waals surface area contributed by atoms with Gasteiger partial charge in [-0.25, -0.2) is 14.1 Å². The summed E-state index contributed by atoms with van der Waals surface area (Å²) in [6, 6.07) is 0.984. The highest BCUT2D eigenvalue weighted by molar-refractivity contribution is 5.94. The normalized spacial score (nSPS) is 12.2. The van der Waals surface area contributed by atoms with Gasteiger partial charge in [-0.1, -0.05) is 6.92 Å². The number of hydrogen-bond donors (Lipinski definition) is 1. The third-order valence-electron chi connectivity index (χ3n) is 2.83. The number of aromatic nitrogens is 4. The first-order valence-electron chi connectivity index (χ1n) is 6.41. The van der Waals surface area contributed by atoms with Crippen LogP contribution in [0.1, 0.15) is 42.5 Å². The van der Waals surface area contributed by atoms with E-state index in [2.05, 4.69) is 20.4 Å². The molecule has 0 aliphatic rings. The second-order valence-corrected chi connectivity index (χ2v) is 4.39. The third kappa shape index (κ3) is 2.98. The number of aryl methyl sites for hydroxylation is 1. The maximum atomic E-state index is 13.5. The molecular weight excluding hydrogens is 261 g/mol. The molecule has 0 unspecified atom stereocenters. The maximum Gasteiger partial charge on any atom is 0.254 e. The highest BCUT2D eigenvalue weighted by atomic mass is 19.1. The molecule has 0 aromatic carbocycles. The Morgan fingerprint density at radius 1 is 1.55 bits per heavy atom. The average molecular weight is 277 g/mol. The minimum absolute atomic E-state index is 0.0339. The van der Waals surface area contributed by atoms with Crippen LogP contribution in [-0.4, -0.2) is 25.7 Å². The van der Waals surface area contributed by atoms with Crippen LogP contribution < -0.4 is 5.32 Å². The SMILES string of the molecule is CCCn1ncnc1[C@H](C)NC(=O)c1ccncc1F. The van der Waals surface area contributed by atoms with E-state index in [0.717, 1.165) is 19.2 Å². The first-order chi connectivity index (χ1) is 9.63. The molecule has 2 rings (SSSR count). The van der Waals surface area contributed by atoms with Gasteiger partial charge in [-0.3, -0.25) is 9.78 Å². The lowest BCUT2D eigenvalue weighted by molar-refractivity contribution is 0.0933. The van der Waals surface area contributed by atoms with Crippen LogP contribution in [0.4, 0.5) is 4.39 Å². The lowest BCUT2D eigenvalue weighted by atomic mass is 10.2. The summed E-state index contributed by atoms with van der Waals surface area (Å²) in [5, 5.41) is 6.80. The van der Waals surface area contributed by atoms with E-state index in [9.17, 15) is 9.18 Å². The number of nitrogens with one attached hydrogen (secondary N) is 1. The molecule has 6 nitrogen and oxygen atoms in total. The van der Waals surface area contributed by atoms with Crippen LogP contribution in [0.5, 0.6) is 0 Å². The number of nitrogens with zero attached hydrogens (tertiary/aromatic N) is 4. The second-order valence-electron chi connectivity index (χ2n) is 4.39. The van der Waals surface area contributed by atoms with E-state index in [1.807, 2.05) is 6.92 Å². The summed E-state index contributed by atoms with van der Waals surface area (Å²) in [4.78, 5) is 19.8. The van der Waals surface area contributed by atoms with Crippen molar-refractivity contribution in [2.75, 3.05) is 0 Å². The van der Waals surface area contributed by atoms with Crippen molar-refractivity contribution in [3.63, 3.8) is 0 Å². The zero-order valence-corrected chi connectivity index (χ0v) is 11.4. The number of pyridine rings is 1. The fourth-order valence-corrected chi connectivity index (χ4v) is 1.89. The van der Waals surface area contributed by atoms with Gasteiger partial charge in [-0.05, 0) is 19.4 Å². The Hall–Kier alpha value is -2.31. The molecule has 7 heteroatoms. The monoisotopic (exact) mass is 277 g/mol. The Balaban J connectivity index is 2.11. The molecule has 1 atom stereocenters. The van der Waals surface area contributed by atoms with E-state index in [-0.39, 0.29) is 11.6 Å². The van der Waals surface area contributed by atoms with Gasteiger partial charge in [0.25, 0.3) is 5.91 Å². The zero-order chi connectivity index (χ0) is 14.5. The smallest absolute Gasteiger partial charge is 0.254 e. The van der Waals surface area contributed by atoms with Crippen molar-refractivity contribution in [1.29, 1.82) is 0 Å². The molecule has 2 aromatic rings. The molecule has 106 valence electrons. The quantitative estimate of drug-likeness (QED) is 0.903. The third-order valence-corrected chi connectivity index (χ3v) is 2.83. The summed E-state index contributed by atoms with van der Waals surface area (Å²) in [5.74, 6) is -0.495. The van der Waals surface area contributed by atoms with Crippen molar-refractivity contribution < 1.29 is 9.18 Å². The molecule has 0 saturated carbocycles. The summed E-state index contributed by atoms with van der Waals surface area (Å²) in [6.07, 6.45) is 4.75. The van der Waals surface area contributed by atoms with Crippen molar-refractivity contribution >= 4 is 5.91 Å². The first kappa shape index (κ1) is 14.1.